The molecule has 1 unspecified atom stereocenters. The number of nitrogens with zero attached hydrogens (tertiary/aromatic N) is 1. The summed E-state index contributed by atoms with van der Waals surface area (Å²) in [5.74, 6) is 0.196. The van der Waals surface area contributed by atoms with Gasteiger partial charge in [0.05, 0.1) is 11.6 Å². The van der Waals surface area contributed by atoms with Gasteiger partial charge in [-0.1, -0.05) is 42.6 Å². The summed E-state index contributed by atoms with van der Waals surface area (Å²) >= 11 is 12.2. The lowest BCUT2D eigenvalue weighted by molar-refractivity contribution is 0.248. The number of halogens is 2. The van der Waals surface area contributed by atoms with Crippen molar-refractivity contribution in [3.8, 4) is 0 Å². The van der Waals surface area contributed by atoms with E-state index in [9.17, 15) is 14.4 Å². The van der Waals surface area contributed by atoms with Crippen LogP contribution in [-0.4, -0.2) is 15.6 Å². The van der Waals surface area contributed by atoms with Gasteiger partial charge in [0.1, 0.15) is 5.82 Å². The third-order valence-corrected chi connectivity index (χ3v) is 4.60. The Morgan fingerprint density at radius 1 is 1.20 bits per heavy atom. The monoisotopic (exact) mass is 382 g/mol. The molecule has 0 spiro atoms. The molecular weight excluding hydrogens is 367 g/mol. The molecule has 9 heteroatoms. The first-order valence-corrected chi connectivity index (χ1v) is 8.57. The minimum absolute atomic E-state index is 0.196. The lowest BCUT2D eigenvalue weighted by atomic mass is 9.98. The molecule has 3 N–H and O–H groups in total. The second-order valence-corrected chi connectivity index (χ2v) is 6.57. The number of nitrogens with one attached hydrogen (secondary N) is 3. The summed E-state index contributed by atoms with van der Waals surface area (Å²) in [4.78, 5) is 39.1. The Hall–Kier alpha value is -2.25. The summed E-state index contributed by atoms with van der Waals surface area (Å²) in [6.07, 6.45) is 1.59. The minimum atomic E-state index is -0.786. The number of aromatic amines is 1. The zero-order chi connectivity index (χ0) is 18.1. The summed E-state index contributed by atoms with van der Waals surface area (Å²) in [7, 11) is 0. The average molecular weight is 383 g/mol. The van der Waals surface area contributed by atoms with E-state index in [0.717, 1.165) is 12.8 Å². The normalized spacial score (nSPS) is 16.1. The zero-order valence-electron chi connectivity index (χ0n) is 13.4. The van der Waals surface area contributed by atoms with Crippen molar-refractivity contribution in [1.82, 2.24) is 14.9 Å². The van der Waals surface area contributed by atoms with Crippen molar-refractivity contribution in [3.63, 3.8) is 0 Å². The van der Waals surface area contributed by atoms with Crippen molar-refractivity contribution >= 4 is 35.1 Å². The SMILES string of the molecule is CCCCn1c2c(c(=O)[nH]c1=O)C(c1ccc(Cl)cc1Cl)NC(=O)N2. The predicted molar refractivity (Wildman–Crippen MR) is 96.7 cm³/mol. The number of benzene rings is 1. The molecule has 1 aliphatic heterocycles. The maximum atomic E-state index is 12.5. The topological polar surface area (TPSA) is 96.0 Å². The van der Waals surface area contributed by atoms with Crippen LogP contribution in [-0.2, 0) is 6.54 Å². The molecule has 0 radical (unpaired) electrons. The van der Waals surface area contributed by atoms with Gasteiger partial charge >= 0.3 is 11.7 Å². The number of carbonyl (C=O) groups excluding carboxylic acids is 1. The first kappa shape index (κ1) is 17.6. The van der Waals surface area contributed by atoms with Gasteiger partial charge in [0.2, 0.25) is 0 Å². The summed E-state index contributed by atoms with van der Waals surface area (Å²) < 4.78 is 1.37. The van der Waals surface area contributed by atoms with E-state index in [-0.39, 0.29) is 11.4 Å². The predicted octanol–water partition coefficient (Wildman–Crippen LogP) is 2.87. The summed E-state index contributed by atoms with van der Waals surface area (Å²) in [6.45, 7) is 2.37. The minimum Gasteiger partial charge on any atom is -0.327 e. The Kier molecular flexibility index (Phi) is 4.87. The highest BCUT2D eigenvalue weighted by Gasteiger charge is 2.32. The Labute approximate surface area is 153 Å². The van der Waals surface area contributed by atoms with E-state index in [4.69, 9.17) is 23.2 Å². The van der Waals surface area contributed by atoms with Gasteiger partial charge in [-0.2, -0.15) is 0 Å². The summed E-state index contributed by atoms with van der Waals surface area (Å²) in [5.41, 5.74) is -0.371. The number of carbonyl (C=O) groups is 1. The van der Waals surface area contributed by atoms with E-state index in [2.05, 4.69) is 15.6 Å². The molecule has 1 aromatic heterocycles. The lowest BCUT2D eigenvalue weighted by Crippen LogP contribution is -2.46. The van der Waals surface area contributed by atoms with Crippen LogP contribution < -0.4 is 21.9 Å². The molecule has 7 nitrogen and oxygen atoms in total. The number of hydrogen-bond acceptors (Lipinski definition) is 3. The smallest absolute Gasteiger partial charge is 0.327 e. The van der Waals surface area contributed by atoms with Gasteiger partial charge in [-0.05, 0) is 24.1 Å². The number of urea groups is 1. The van der Waals surface area contributed by atoms with E-state index in [0.29, 0.717) is 22.2 Å². The molecule has 3 rings (SSSR count). The molecule has 0 saturated carbocycles. The Morgan fingerprint density at radius 3 is 2.64 bits per heavy atom. The highest BCUT2D eigenvalue weighted by molar-refractivity contribution is 6.35. The number of fused-ring (bicyclic) bond motifs is 1. The molecule has 0 aliphatic carbocycles. The largest absolute Gasteiger partial charge is 0.329 e. The van der Waals surface area contributed by atoms with Crippen LogP contribution in [0.3, 0.4) is 0 Å². The van der Waals surface area contributed by atoms with E-state index >= 15 is 0 Å². The van der Waals surface area contributed by atoms with Crippen LogP contribution in [0.25, 0.3) is 0 Å². The zero-order valence-corrected chi connectivity index (χ0v) is 14.9. The molecule has 1 aromatic carbocycles. The van der Waals surface area contributed by atoms with Gasteiger partial charge in [-0.25, -0.2) is 9.59 Å². The van der Waals surface area contributed by atoms with Crippen molar-refractivity contribution in [2.24, 2.45) is 0 Å². The molecule has 25 heavy (non-hydrogen) atoms. The molecule has 2 amide bonds. The van der Waals surface area contributed by atoms with Gasteiger partial charge in [0, 0.05) is 16.6 Å². The highest BCUT2D eigenvalue weighted by atomic mass is 35.5. The van der Waals surface area contributed by atoms with Gasteiger partial charge in [-0.15, -0.1) is 0 Å². The standard InChI is InChI=1S/C16H16Cl2N4O3/c1-2-3-6-22-13-11(14(23)21-16(22)25)12(19-15(24)20-13)9-5-4-8(17)7-10(9)18/h4-5,7,12H,2-3,6H2,1H3,(H2,19,20,24)(H,21,23,25). The number of rotatable bonds is 4. The molecule has 1 aliphatic rings. The number of hydrogen-bond donors (Lipinski definition) is 3. The van der Waals surface area contributed by atoms with Crippen LogP contribution in [0, 0.1) is 0 Å². The first-order chi connectivity index (χ1) is 11.9. The molecule has 0 bridgehead atoms. The van der Waals surface area contributed by atoms with Crippen LogP contribution in [0.5, 0.6) is 0 Å². The van der Waals surface area contributed by atoms with Crippen LogP contribution in [0.15, 0.2) is 27.8 Å². The Morgan fingerprint density at radius 2 is 1.96 bits per heavy atom. The molecule has 132 valence electrons. The highest BCUT2D eigenvalue weighted by Crippen LogP contribution is 2.33. The molecule has 1 atom stereocenters. The van der Waals surface area contributed by atoms with E-state index < -0.39 is 23.3 Å². The maximum Gasteiger partial charge on any atom is 0.329 e. The van der Waals surface area contributed by atoms with Crippen LogP contribution in [0.1, 0.15) is 36.9 Å². The van der Waals surface area contributed by atoms with Crippen molar-refractivity contribution in [1.29, 1.82) is 0 Å². The fourth-order valence-electron chi connectivity index (χ4n) is 2.83. The van der Waals surface area contributed by atoms with Crippen molar-refractivity contribution in [2.75, 3.05) is 5.32 Å². The van der Waals surface area contributed by atoms with Crippen molar-refractivity contribution in [2.45, 2.75) is 32.4 Å². The third-order valence-electron chi connectivity index (χ3n) is 4.04. The second kappa shape index (κ2) is 6.93. The van der Waals surface area contributed by atoms with E-state index in [1.165, 1.54) is 10.6 Å². The molecule has 2 heterocycles. The Bertz CT molecular complexity index is 951. The summed E-state index contributed by atoms with van der Waals surface area (Å²) in [5, 5.41) is 6.01. The molecule has 2 aromatic rings. The fraction of sp³-hybridized carbons (Fsp3) is 0.312. The number of H-pyrrole nitrogens is 1. The third kappa shape index (κ3) is 3.29. The number of anilines is 1. The van der Waals surface area contributed by atoms with E-state index in [1.807, 2.05) is 6.92 Å². The molecule has 0 saturated heterocycles. The number of amides is 2. The second-order valence-electron chi connectivity index (χ2n) is 5.72. The van der Waals surface area contributed by atoms with Crippen LogP contribution >= 0.6 is 23.2 Å². The maximum absolute atomic E-state index is 12.5. The number of aromatic nitrogens is 2. The Balaban J connectivity index is 2.22. The van der Waals surface area contributed by atoms with Crippen molar-refractivity contribution in [3.05, 3.63) is 60.2 Å². The fourth-order valence-corrected chi connectivity index (χ4v) is 3.35. The van der Waals surface area contributed by atoms with Crippen LogP contribution in [0.4, 0.5) is 10.6 Å². The van der Waals surface area contributed by atoms with Gasteiger partial charge in [-0.3, -0.25) is 19.7 Å². The molecule has 0 fully saturated rings. The quantitative estimate of drug-likeness (QED) is 0.758. The molecular formula is C16H16Cl2N4O3. The van der Waals surface area contributed by atoms with E-state index in [1.54, 1.807) is 12.1 Å². The van der Waals surface area contributed by atoms with Gasteiger partial charge < -0.3 is 5.32 Å². The lowest BCUT2D eigenvalue weighted by Gasteiger charge is -2.29. The first-order valence-electron chi connectivity index (χ1n) is 7.81. The van der Waals surface area contributed by atoms with Crippen LogP contribution in [0.2, 0.25) is 10.0 Å². The van der Waals surface area contributed by atoms with Crippen molar-refractivity contribution < 1.29 is 4.79 Å². The average Bonchev–Trinajstić information content (AvgIpc) is 2.53. The number of unbranched alkanes of at least 4 members (excludes halogenated alkanes) is 1. The summed E-state index contributed by atoms with van der Waals surface area (Å²) in [6, 6.07) is 3.50. The van der Waals surface area contributed by atoms with Gasteiger partial charge in [0.15, 0.2) is 0 Å². The van der Waals surface area contributed by atoms with Gasteiger partial charge in [0.25, 0.3) is 5.56 Å².